The number of rotatable bonds is 1. The number of carbonyl (C=O) groups excluding carboxylic acids is 1. The average Bonchev–Trinajstić information content (AvgIpc) is 3.06. The van der Waals surface area contributed by atoms with Crippen LogP contribution < -0.4 is 14.4 Å². The highest BCUT2D eigenvalue weighted by molar-refractivity contribution is 7.90. The molecule has 1 amide bonds. The number of aliphatic hydroxyl groups is 2. The molecule has 2 heterocycles. The van der Waals surface area contributed by atoms with Gasteiger partial charge in [-0.1, -0.05) is 29.8 Å². The van der Waals surface area contributed by atoms with E-state index in [0.717, 1.165) is 42.8 Å². The van der Waals surface area contributed by atoms with Crippen molar-refractivity contribution in [2.24, 2.45) is 11.8 Å². The number of hydrogen-bond donors (Lipinski definition) is 3. The van der Waals surface area contributed by atoms with Gasteiger partial charge in [0.1, 0.15) is 11.0 Å². The predicted molar refractivity (Wildman–Crippen MR) is 167 cm³/mol. The van der Waals surface area contributed by atoms with Crippen LogP contribution in [0.5, 0.6) is 5.75 Å². The monoisotopic (exact) mass is 628 g/mol. The molecule has 2 aliphatic carbocycles. The van der Waals surface area contributed by atoms with Gasteiger partial charge in [0.15, 0.2) is 0 Å². The topological polar surface area (TPSA) is 116 Å². The number of halogens is 1. The number of anilines is 1. The molecule has 43 heavy (non-hydrogen) atoms. The zero-order valence-electron chi connectivity index (χ0n) is 24.8. The number of benzene rings is 2. The molecule has 3 N–H and O–H groups in total. The molecule has 0 radical (unpaired) electrons. The summed E-state index contributed by atoms with van der Waals surface area (Å²) >= 11 is 6.38. The number of amides is 1. The summed E-state index contributed by atoms with van der Waals surface area (Å²) in [5.74, 6) is 0.216. The third-order valence-corrected chi connectivity index (χ3v) is 12.3. The van der Waals surface area contributed by atoms with Crippen molar-refractivity contribution in [2.45, 2.75) is 81.2 Å². The predicted octanol–water partition coefficient (Wildman–Crippen LogP) is 4.75. The molecule has 232 valence electrons. The number of sulfonamides is 1. The minimum absolute atomic E-state index is 0.0745. The number of fused-ring (bicyclic) bond motifs is 4. The first-order chi connectivity index (χ1) is 20.4. The summed E-state index contributed by atoms with van der Waals surface area (Å²) in [4.78, 5) is 15.7. The summed E-state index contributed by atoms with van der Waals surface area (Å²) in [7, 11) is -4.23. The fourth-order valence-corrected chi connectivity index (χ4v) is 9.50. The van der Waals surface area contributed by atoms with E-state index < -0.39 is 32.9 Å². The molecular formula is C33H41ClN2O6S. The lowest BCUT2D eigenvalue weighted by Crippen LogP contribution is -2.49. The van der Waals surface area contributed by atoms with Crippen molar-refractivity contribution in [1.82, 2.24) is 4.72 Å². The van der Waals surface area contributed by atoms with Gasteiger partial charge >= 0.3 is 0 Å². The van der Waals surface area contributed by atoms with E-state index in [1.807, 2.05) is 6.07 Å². The number of nitrogens with one attached hydrogen (secondary N) is 1. The Morgan fingerprint density at radius 3 is 2.70 bits per heavy atom. The summed E-state index contributed by atoms with van der Waals surface area (Å²) in [5.41, 5.74) is 1.53. The Kier molecular flexibility index (Phi) is 8.07. The van der Waals surface area contributed by atoms with Crippen LogP contribution in [0.15, 0.2) is 48.6 Å². The molecule has 2 bridgehead atoms. The molecule has 1 fully saturated rings. The zero-order valence-corrected chi connectivity index (χ0v) is 26.3. The fourth-order valence-electron chi connectivity index (χ4n) is 7.58. The third-order valence-electron chi connectivity index (χ3n) is 10.00. The number of aryl methyl sites for hydroxylation is 1. The van der Waals surface area contributed by atoms with Crippen LogP contribution >= 0.6 is 11.6 Å². The van der Waals surface area contributed by atoms with Crippen molar-refractivity contribution in [3.63, 3.8) is 0 Å². The molecule has 2 aliphatic heterocycles. The standard InChI is InChI=1S/C33H41ClN2O6S/c1-32(2,39)30-8-4-3-7-28(37)25-12-9-23(25)18-36-19-33(15-5-6-21-16-24(34)11-13-26(21)33)20-42-29-14-10-22(17-27(29)36)31(38)35-43(30,40)41/h3,7,10-11,13-14,16-17,23,25,28,30,37,39H,4-6,8-9,12,15,18-20H2,1-2H3,(H,35,38)/b7-3-/t23-,25+,28-,30-,33-/m0/s1. The van der Waals surface area contributed by atoms with E-state index in [9.17, 15) is 23.4 Å². The Bertz CT molecular complexity index is 1540. The second-order valence-electron chi connectivity index (χ2n) is 13.4. The maximum Gasteiger partial charge on any atom is 0.264 e. The fraction of sp³-hybridized carbons (Fsp3) is 0.545. The van der Waals surface area contributed by atoms with Gasteiger partial charge in [0, 0.05) is 29.1 Å². The molecule has 0 unspecified atom stereocenters. The molecule has 1 spiro atoms. The minimum atomic E-state index is -4.23. The SMILES string of the molecule is CC(C)(O)[C@@H]1CC/C=C\[C@H](O)[C@@H]2CC[C@H]2CN2C[C@@]3(CCCc4cc(Cl)ccc43)COc3ccc(cc32)C(=O)NS1(=O)=O. The van der Waals surface area contributed by atoms with Gasteiger partial charge in [-0.2, -0.15) is 0 Å². The average molecular weight is 629 g/mol. The van der Waals surface area contributed by atoms with E-state index in [-0.39, 0.29) is 29.2 Å². The van der Waals surface area contributed by atoms with Gasteiger partial charge in [0.25, 0.3) is 5.91 Å². The molecule has 0 aromatic heterocycles. The van der Waals surface area contributed by atoms with Crippen LogP contribution in [0.4, 0.5) is 5.69 Å². The molecule has 5 atom stereocenters. The number of hydrogen-bond acceptors (Lipinski definition) is 7. The van der Waals surface area contributed by atoms with Gasteiger partial charge in [-0.15, -0.1) is 0 Å². The van der Waals surface area contributed by atoms with E-state index >= 15 is 0 Å². The molecule has 10 heteroatoms. The lowest BCUT2D eigenvalue weighted by atomic mass is 9.68. The smallest absolute Gasteiger partial charge is 0.264 e. The highest BCUT2D eigenvalue weighted by Crippen LogP contribution is 2.46. The maximum atomic E-state index is 13.4. The Hall–Kier alpha value is -2.59. The Morgan fingerprint density at radius 2 is 1.95 bits per heavy atom. The number of carbonyl (C=O) groups is 1. The lowest BCUT2D eigenvalue weighted by Gasteiger charge is -2.45. The second kappa shape index (κ2) is 11.4. The number of ether oxygens (including phenoxy) is 1. The van der Waals surface area contributed by atoms with Gasteiger partial charge < -0.3 is 19.8 Å². The second-order valence-corrected chi connectivity index (χ2v) is 15.7. The number of nitrogens with zero attached hydrogens (tertiary/aromatic N) is 1. The van der Waals surface area contributed by atoms with E-state index in [4.69, 9.17) is 16.3 Å². The summed E-state index contributed by atoms with van der Waals surface area (Å²) in [6.45, 7) is 4.68. The van der Waals surface area contributed by atoms with Crippen molar-refractivity contribution in [2.75, 3.05) is 24.6 Å². The van der Waals surface area contributed by atoms with Crippen molar-refractivity contribution >= 4 is 33.2 Å². The van der Waals surface area contributed by atoms with Crippen LogP contribution in [-0.4, -0.2) is 61.2 Å². The van der Waals surface area contributed by atoms with E-state index in [2.05, 4.69) is 21.8 Å². The van der Waals surface area contributed by atoms with Gasteiger partial charge in [0.05, 0.1) is 24.0 Å². The van der Waals surface area contributed by atoms with Gasteiger partial charge in [-0.3, -0.25) is 4.79 Å². The first kappa shape index (κ1) is 30.4. The van der Waals surface area contributed by atoms with E-state index in [1.165, 1.54) is 25.0 Å². The van der Waals surface area contributed by atoms with Crippen molar-refractivity contribution in [3.05, 3.63) is 70.3 Å². The lowest BCUT2D eigenvalue weighted by molar-refractivity contribution is 0.0455. The van der Waals surface area contributed by atoms with Gasteiger partial charge in [-0.25, -0.2) is 13.1 Å². The van der Waals surface area contributed by atoms with Crippen molar-refractivity contribution in [1.29, 1.82) is 0 Å². The van der Waals surface area contributed by atoms with Crippen molar-refractivity contribution < 1.29 is 28.2 Å². The van der Waals surface area contributed by atoms with Crippen molar-refractivity contribution in [3.8, 4) is 5.75 Å². The largest absolute Gasteiger partial charge is 0.490 e. The maximum absolute atomic E-state index is 13.4. The molecule has 8 nitrogen and oxygen atoms in total. The number of aliphatic hydroxyl groups excluding tert-OH is 1. The molecule has 2 aromatic rings. The third kappa shape index (κ3) is 5.93. The summed E-state index contributed by atoms with van der Waals surface area (Å²) < 4.78 is 35.5. The van der Waals surface area contributed by atoms with Gasteiger partial charge in [0.2, 0.25) is 10.0 Å². The Labute approximate surface area is 259 Å². The van der Waals surface area contributed by atoms with Crippen LogP contribution in [-0.2, 0) is 21.9 Å². The number of allylic oxidation sites excluding steroid dienone is 1. The molecule has 1 saturated carbocycles. The first-order valence-corrected chi connectivity index (χ1v) is 17.2. The summed E-state index contributed by atoms with van der Waals surface area (Å²) in [5, 5.41) is 21.4. The quantitative estimate of drug-likeness (QED) is 0.390. The summed E-state index contributed by atoms with van der Waals surface area (Å²) in [6.07, 6.45) is 8.14. The first-order valence-electron chi connectivity index (χ1n) is 15.3. The Morgan fingerprint density at radius 1 is 1.14 bits per heavy atom. The van der Waals surface area contributed by atoms with Crippen LogP contribution in [0.2, 0.25) is 5.02 Å². The highest BCUT2D eigenvalue weighted by atomic mass is 35.5. The normalized spacial score (nSPS) is 31.5. The molecule has 2 aromatic carbocycles. The van der Waals surface area contributed by atoms with E-state index in [1.54, 1.807) is 30.4 Å². The molecule has 4 aliphatic rings. The van der Waals surface area contributed by atoms with Crippen LogP contribution in [0.25, 0.3) is 0 Å². The van der Waals surface area contributed by atoms with Crippen LogP contribution in [0.1, 0.15) is 73.9 Å². The van der Waals surface area contributed by atoms with Crippen LogP contribution in [0.3, 0.4) is 0 Å². The van der Waals surface area contributed by atoms with Gasteiger partial charge in [-0.05, 0) is 112 Å². The molecule has 6 rings (SSSR count). The molecule has 0 saturated heterocycles. The summed E-state index contributed by atoms with van der Waals surface area (Å²) in [6, 6.07) is 11.2. The zero-order chi connectivity index (χ0) is 30.6. The van der Waals surface area contributed by atoms with Crippen LogP contribution in [0, 0.1) is 11.8 Å². The Balaban J connectivity index is 1.42. The highest BCUT2D eigenvalue weighted by Gasteiger charge is 2.44. The minimum Gasteiger partial charge on any atom is -0.490 e. The van der Waals surface area contributed by atoms with E-state index in [0.29, 0.717) is 31.9 Å². The molecular weight excluding hydrogens is 588 g/mol.